The maximum Gasteiger partial charge on any atom is 0.328 e. The topological polar surface area (TPSA) is 84.3 Å². The summed E-state index contributed by atoms with van der Waals surface area (Å²) in [4.78, 5) is 11.1. The quantitative estimate of drug-likeness (QED) is 0.847. The number of anilines is 1. The molecule has 2 rings (SSSR count). The first kappa shape index (κ1) is 13.2. The number of nitrogens with zero attached hydrogens (tertiary/aromatic N) is 2. The summed E-state index contributed by atoms with van der Waals surface area (Å²) in [6.07, 6.45) is 0. The van der Waals surface area contributed by atoms with Crippen molar-refractivity contribution >= 4 is 22.6 Å². The van der Waals surface area contributed by atoms with Gasteiger partial charge in [-0.3, -0.25) is 0 Å². The lowest BCUT2D eigenvalue weighted by Gasteiger charge is -2.15. The Morgan fingerprint density at radius 1 is 1.37 bits per heavy atom. The first-order chi connectivity index (χ1) is 9.13. The lowest BCUT2D eigenvalue weighted by atomic mass is 10.1. The Kier molecular flexibility index (Phi) is 3.91. The molecule has 100 valence electrons. The molecule has 2 N–H and O–H groups in total. The lowest BCUT2D eigenvalue weighted by Crippen LogP contribution is -2.34. The average molecular weight is 261 g/mol. The molecule has 1 aromatic carbocycles. The molecule has 0 bridgehead atoms. The highest BCUT2D eigenvalue weighted by Gasteiger charge is 2.19. The smallest absolute Gasteiger partial charge is 0.328 e. The van der Waals surface area contributed by atoms with Crippen LogP contribution in [0.2, 0.25) is 0 Å². The van der Waals surface area contributed by atoms with Crippen LogP contribution in [0.15, 0.2) is 24.3 Å². The number of hydrogen-bond acceptors (Lipinski definition) is 5. The van der Waals surface area contributed by atoms with E-state index in [-0.39, 0.29) is 6.61 Å². The van der Waals surface area contributed by atoms with Gasteiger partial charge in [0, 0.05) is 17.9 Å². The molecule has 19 heavy (non-hydrogen) atoms. The van der Waals surface area contributed by atoms with Crippen LogP contribution >= 0.6 is 0 Å². The molecule has 0 saturated carbocycles. The van der Waals surface area contributed by atoms with Crippen molar-refractivity contribution in [1.82, 2.24) is 10.2 Å². The third-order valence-corrected chi connectivity index (χ3v) is 2.81. The van der Waals surface area contributed by atoms with E-state index in [1.54, 1.807) is 0 Å². The summed E-state index contributed by atoms with van der Waals surface area (Å²) in [5.41, 5.74) is 0.805. The van der Waals surface area contributed by atoms with Crippen molar-refractivity contribution in [2.24, 2.45) is 0 Å². The Labute approximate surface area is 110 Å². The van der Waals surface area contributed by atoms with Gasteiger partial charge in [0.25, 0.3) is 0 Å². The SMILES string of the molecule is COCC(Nc1nnc(C)c2ccccc12)C(=O)O. The minimum atomic E-state index is -0.992. The van der Waals surface area contributed by atoms with Crippen LogP contribution in [0, 0.1) is 6.92 Å². The zero-order valence-corrected chi connectivity index (χ0v) is 10.8. The van der Waals surface area contributed by atoms with E-state index in [0.717, 1.165) is 16.5 Å². The first-order valence-corrected chi connectivity index (χ1v) is 5.83. The number of aromatic nitrogens is 2. The van der Waals surface area contributed by atoms with Crippen molar-refractivity contribution in [2.75, 3.05) is 19.0 Å². The molecule has 1 heterocycles. The van der Waals surface area contributed by atoms with Crippen LogP contribution < -0.4 is 5.32 Å². The number of ether oxygens (including phenoxy) is 1. The van der Waals surface area contributed by atoms with Crippen LogP contribution in [0.25, 0.3) is 10.8 Å². The zero-order valence-electron chi connectivity index (χ0n) is 10.8. The summed E-state index contributed by atoms with van der Waals surface area (Å²) in [5.74, 6) is -0.543. The van der Waals surface area contributed by atoms with Gasteiger partial charge in [0.15, 0.2) is 5.82 Å². The van der Waals surface area contributed by atoms with E-state index >= 15 is 0 Å². The lowest BCUT2D eigenvalue weighted by molar-refractivity contribution is -0.139. The third-order valence-electron chi connectivity index (χ3n) is 2.81. The van der Waals surface area contributed by atoms with Gasteiger partial charge in [-0.05, 0) is 6.92 Å². The van der Waals surface area contributed by atoms with E-state index < -0.39 is 12.0 Å². The molecular formula is C13H15N3O3. The number of nitrogens with one attached hydrogen (secondary N) is 1. The van der Waals surface area contributed by atoms with Gasteiger partial charge >= 0.3 is 5.97 Å². The van der Waals surface area contributed by atoms with Gasteiger partial charge in [-0.25, -0.2) is 4.79 Å². The van der Waals surface area contributed by atoms with E-state index in [1.807, 2.05) is 31.2 Å². The number of methoxy groups -OCH3 is 1. The molecule has 0 saturated heterocycles. The van der Waals surface area contributed by atoms with Gasteiger partial charge in [-0.15, -0.1) is 5.10 Å². The van der Waals surface area contributed by atoms with E-state index in [4.69, 9.17) is 9.84 Å². The zero-order chi connectivity index (χ0) is 13.8. The summed E-state index contributed by atoms with van der Waals surface area (Å²) in [5, 5.41) is 21.8. The van der Waals surface area contributed by atoms with Crippen molar-refractivity contribution in [3.63, 3.8) is 0 Å². The second-order valence-corrected chi connectivity index (χ2v) is 4.17. The fourth-order valence-electron chi connectivity index (χ4n) is 1.85. The molecule has 0 aliphatic rings. The highest BCUT2D eigenvalue weighted by atomic mass is 16.5. The molecule has 0 spiro atoms. The van der Waals surface area contributed by atoms with Crippen LogP contribution in [-0.2, 0) is 9.53 Å². The maximum atomic E-state index is 11.1. The van der Waals surface area contributed by atoms with Gasteiger partial charge in [-0.2, -0.15) is 5.10 Å². The van der Waals surface area contributed by atoms with E-state index in [2.05, 4.69) is 15.5 Å². The minimum absolute atomic E-state index is 0.0548. The Morgan fingerprint density at radius 3 is 2.68 bits per heavy atom. The van der Waals surface area contributed by atoms with Crippen molar-refractivity contribution in [3.8, 4) is 0 Å². The Hall–Kier alpha value is -2.21. The number of rotatable bonds is 5. The minimum Gasteiger partial charge on any atom is -0.480 e. The molecule has 0 amide bonds. The maximum absolute atomic E-state index is 11.1. The predicted octanol–water partition coefficient (Wildman–Crippen LogP) is 1.45. The first-order valence-electron chi connectivity index (χ1n) is 5.83. The fourth-order valence-corrected chi connectivity index (χ4v) is 1.85. The second-order valence-electron chi connectivity index (χ2n) is 4.17. The summed E-state index contributed by atoms with van der Waals surface area (Å²) in [7, 11) is 1.45. The summed E-state index contributed by atoms with van der Waals surface area (Å²) < 4.78 is 4.88. The molecule has 2 aromatic rings. The number of carboxylic acids is 1. The van der Waals surface area contributed by atoms with Crippen molar-refractivity contribution in [1.29, 1.82) is 0 Å². The number of hydrogen-bond donors (Lipinski definition) is 2. The predicted molar refractivity (Wildman–Crippen MR) is 71.2 cm³/mol. The Morgan fingerprint density at radius 2 is 2.05 bits per heavy atom. The molecule has 0 radical (unpaired) electrons. The van der Waals surface area contributed by atoms with Crippen molar-refractivity contribution < 1.29 is 14.6 Å². The van der Waals surface area contributed by atoms with Crippen LogP contribution in [0.3, 0.4) is 0 Å². The molecule has 1 unspecified atom stereocenters. The molecule has 1 atom stereocenters. The molecule has 0 aliphatic heterocycles. The second kappa shape index (κ2) is 5.62. The average Bonchev–Trinajstić information content (AvgIpc) is 2.41. The van der Waals surface area contributed by atoms with Crippen molar-refractivity contribution in [2.45, 2.75) is 13.0 Å². The summed E-state index contributed by atoms with van der Waals surface area (Å²) in [6, 6.07) is 6.73. The molecule has 1 aromatic heterocycles. The molecule has 0 aliphatic carbocycles. The van der Waals surface area contributed by atoms with Crippen LogP contribution in [0.1, 0.15) is 5.69 Å². The van der Waals surface area contributed by atoms with E-state index in [9.17, 15) is 4.79 Å². The third kappa shape index (κ3) is 2.79. The number of carbonyl (C=O) groups is 1. The number of aliphatic carboxylic acids is 1. The van der Waals surface area contributed by atoms with Crippen molar-refractivity contribution in [3.05, 3.63) is 30.0 Å². The number of aryl methyl sites for hydroxylation is 1. The molecule has 6 heteroatoms. The summed E-state index contributed by atoms with van der Waals surface area (Å²) in [6.45, 7) is 1.92. The van der Waals surface area contributed by atoms with Gasteiger partial charge in [-0.1, -0.05) is 24.3 Å². The van der Waals surface area contributed by atoms with Crippen LogP contribution in [0.4, 0.5) is 5.82 Å². The molecule has 0 fully saturated rings. The number of fused-ring (bicyclic) bond motifs is 1. The van der Waals surface area contributed by atoms with E-state index in [0.29, 0.717) is 5.82 Å². The monoisotopic (exact) mass is 261 g/mol. The van der Waals surface area contributed by atoms with Gasteiger partial charge in [0.05, 0.1) is 12.3 Å². The highest BCUT2D eigenvalue weighted by Crippen LogP contribution is 2.22. The normalized spacial score (nSPS) is 12.3. The van der Waals surface area contributed by atoms with Gasteiger partial charge < -0.3 is 15.2 Å². The number of carboxylic acid groups (broad SMARTS) is 1. The fraction of sp³-hybridized carbons (Fsp3) is 0.308. The summed E-state index contributed by atoms with van der Waals surface area (Å²) >= 11 is 0. The largest absolute Gasteiger partial charge is 0.480 e. The Balaban J connectivity index is 2.40. The molecular weight excluding hydrogens is 246 g/mol. The van der Waals surface area contributed by atoms with Gasteiger partial charge in [0.2, 0.25) is 0 Å². The highest BCUT2D eigenvalue weighted by molar-refractivity contribution is 5.94. The van der Waals surface area contributed by atoms with Crippen LogP contribution in [-0.4, -0.2) is 41.0 Å². The van der Waals surface area contributed by atoms with Crippen LogP contribution in [0.5, 0.6) is 0 Å². The van der Waals surface area contributed by atoms with Gasteiger partial charge in [0.1, 0.15) is 6.04 Å². The Bertz CT molecular complexity index is 601. The molecule has 6 nitrogen and oxygen atoms in total. The number of benzene rings is 1. The van der Waals surface area contributed by atoms with E-state index in [1.165, 1.54) is 7.11 Å². The standard InChI is InChI=1S/C13H15N3O3/c1-8-9-5-3-4-6-10(9)12(16-15-8)14-11(7-19-2)13(17)18/h3-6,11H,7H2,1-2H3,(H,14,16)(H,17,18).